The van der Waals surface area contributed by atoms with Gasteiger partial charge in [0.05, 0.1) is 18.2 Å². The van der Waals surface area contributed by atoms with E-state index in [4.69, 9.17) is 4.74 Å². The first-order chi connectivity index (χ1) is 17.5. The molecule has 2 aromatic carbocycles. The predicted octanol–water partition coefficient (Wildman–Crippen LogP) is 5.12. The van der Waals surface area contributed by atoms with Gasteiger partial charge in [-0.25, -0.2) is 0 Å². The van der Waals surface area contributed by atoms with Gasteiger partial charge in [0.1, 0.15) is 21.8 Å². The smallest absolute Gasteiger partial charge is 0.236 e. The molecule has 5 rings (SSSR count). The van der Waals surface area contributed by atoms with Gasteiger partial charge >= 0.3 is 0 Å². The predicted molar refractivity (Wildman–Crippen MR) is 141 cm³/mol. The average Bonchev–Trinajstić information content (AvgIpc) is 3.60. The Morgan fingerprint density at radius 2 is 2.00 bits per heavy atom. The van der Waals surface area contributed by atoms with Crippen molar-refractivity contribution in [3.63, 3.8) is 0 Å². The standard InChI is InChI=1S/C28H31N5O2S/c1-18(2)35-25-12-11-19(15-20(25)16-29)27-31-32-28(36-27)23-9-5-8-22-21(23)7-6-10-24(22)30-17-26(34)33-13-3-4-14-33/h5,8-9,11-12,15,18,24,30H,3-4,6-7,10,13-14,17H2,1-2H3/t24-/m0/s1. The molecule has 0 spiro atoms. The number of hydrogen-bond donors (Lipinski definition) is 1. The molecule has 1 aliphatic carbocycles. The molecule has 0 saturated carbocycles. The number of benzene rings is 2. The summed E-state index contributed by atoms with van der Waals surface area (Å²) in [6, 6.07) is 14.3. The van der Waals surface area contributed by atoms with Crippen LogP contribution in [0, 0.1) is 11.3 Å². The Hall–Kier alpha value is -3.28. The molecule has 1 fully saturated rings. The number of likely N-dealkylation sites (tertiary alicyclic amines) is 1. The molecule has 2 heterocycles. The third-order valence-electron chi connectivity index (χ3n) is 6.83. The molecule has 0 bridgehead atoms. The normalized spacial score (nSPS) is 17.2. The van der Waals surface area contributed by atoms with Crippen molar-refractivity contribution in [1.82, 2.24) is 20.4 Å². The fraction of sp³-hybridized carbons (Fsp3) is 0.429. The monoisotopic (exact) mass is 501 g/mol. The van der Waals surface area contributed by atoms with Crippen LogP contribution in [0.25, 0.3) is 21.1 Å². The first-order valence-electron chi connectivity index (χ1n) is 12.7. The molecule has 1 amide bonds. The Morgan fingerprint density at radius 1 is 1.19 bits per heavy atom. The van der Waals surface area contributed by atoms with Crippen LogP contribution in [-0.4, -0.2) is 46.7 Å². The first kappa shape index (κ1) is 24.4. The third kappa shape index (κ3) is 5.13. The number of amides is 1. The number of nitriles is 1. The van der Waals surface area contributed by atoms with E-state index in [2.05, 4.69) is 39.8 Å². The van der Waals surface area contributed by atoms with Crippen LogP contribution in [0.1, 0.15) is 62.3 Å². The highest BCUT2D eigenvalue weighted by Crippen LogP contribution is 2.39. The molecule has 0 unspecified atom stereocenters. The van der Waals surface area contributed by atoms with Crippen molar-refractivity contribution < 1.29 is 9.53 Å². The maximum Gasteiger partial charge on any atom is 0.236 e. The lowest BCUT2D eigenvalue weighted by molar-refractivity contribution is -0.129. The summed E-state index contributed by atoms with van der Waals surface area (Å²) in [4.78, 5) is 14.5. The lowest BCUT2D eigenvalue weighted by atomic mass is 9.85. The van der Waals surface area contributed by atoms with Gasteiger partial charge in [-0.2, -0.15) is 5.26 Å². The SMILES string of the molecule is CC(C)Oc1ccc(-c2nnc(-c3cccc4c3CCC[C@@H]4NCC(=O)N3CCCC3)s2)cc1C#N. The van der Waals surface area contributed by atoms with E-state index in [9.17, 15) is 10.1 Å². The number of rotatable bonds is 7. The summed E-state index contributed by atoms with van der Waals surface area (Å²) < 4.78 is 5.75. The van der Waals surface area contributed by atoms with Gasteiger partial charge in [-0.3, -0.25) is 4.79 Å². The Kier molecular flexibility index (Phi) is 7.30. The number of hydrogen-bond acceptors (Lipinski definition) is 7. The quantitative estimate of drug-likeness (QED) is 0.483. The van der Waals surface area contributed by atoms with Crippen LogP contribution >= 0.6 is 11.3 Å². The maximum absolute atomic E-state index is 12.6. The zero-order valence-corrected chi connectivity index (χ0v) is 21.6. The highest BCUT2D eigenvalue weighted by Gasteiger charge is 2.25. The number of aromatic nitrogens is 2. The largest absolute Gasteiger partial charge is 0.490 e. The van der Waals surface area contributed by atoms with Crippen molar-refractivity contribution in [1.29, 1.82) is 5.26 Å². The van der Waals surface area contributed by atoms with Crippen LogP contribution in [0.2, 0.25) is 0 Å². The molecular weight excluding hydrogens is 470 g/mol. The van der Waals surface area contributed by atoms with Crippen molar-refractivity contribution in [3.05, 3.63) is 53.1 Å². The second-order valence-corrected chi connectivity index (χ2v) is 10.7. The first-order valence-corrected chi connectivity index (χ1v) is 13.5. The molecule has 1 N–H and O–H groups in total. The van der Waals surface area contributed by atoms with Crippen LogP contribution in [0.15, 0.2) is 36.4 Å². The topological polar surface area (TPSA) is 91.1 Å². The van der Waals surface area contributed by atoms with Gasteiger partial charge < -0.3 is 15.0 Å². The minimum absolute atomic E-state index is 0.00278. The fourth-order valence-electron chi connectivity index (χ4n) is 5.11. The summed E-state index contributed by atoms with van der Waals surface area (Å²) in [6.45, 7) is 6.04. The average molecular weight is 502 g/mol. The van der Waals surface area contributed by atoms with E-state index >= 15 is 0 Å². The Balaban J connectivity index is 1.37. The minimum Gasteiger partial charge on any atom is -0.490 e. The highest BCUT2D eigenvalue weighted by molar-refractivity contribution is 7.17. The second kappa shape index (κ2) is 10.8. The molecule has 1 saturated heterocycles. The van der Waals surface area contributed by atoms with E-state index in [-0.39, 0.29) is 18.1 Å². The Morgan fingerprint density at radius 3 is 2.78 bits per heavy atom. The number of fused-ring (bicyclic) bond motifs is 1. The zero-order chi connectivity index (χ0) is 25.1. The molecule has 2 aliphatic rings. The van der Waals surface area contributed by atoms with Crippen LogP contribution in [0.4, 0.5) is 0 Å². The molecule has 1 aromatic heterocycles. The van der Waals surface area contributed by atoms with Crippen molar-refractivity contribution in [2.45, 2.75) is 58.1 Å². The van der Waals surface area contributed by atoms with Gasteiger partial charge in [0, 0.05) is 30.3 Å². The van der Waals surface area contributed by atoms with E-state index in [0.29, 0.717) is 17.9 Å². The van der Waals surface area contributed by atoms with E-state index in [0.717, 1.165) is 66.3 Å². The molecule has 1 aliphatic heterocycles. The van der Waals surface area contributed by atoms with Gasteiger partial charge in [0.2, 0.25) is 5.91 Å². The number of ether oxygens (including phenoxy) is 1. The minimum atomic E-state index is -0.00278. The number of carbonyl (C=O) groups is 1. The Labute approximate surface area is 216 Å². The third-order valence-corrected chi connectivity index (χ3v) is 7.84. The van der Waals surface area contributed by atoms with Gasteiger partial charge in [-0.15, -0.1) is 10.2 Å². The lowest BCUT2D eigenvalue weighted by Gasteiger charge is -2.28. The summed E-state index contributed by atoms with van der Waals surface area (Å²) in [5, 5.41) is 23.7. The summed E-state index contributed by atoms with van der Waals surface area (Å²) in [5.41, 5.74) is 5.00. The molecule has 8 heteroatoms. The van der Waals surface area contributed by atoms with Crippen molar-refractivity contribution in [2.24, 2.45) is 0 Å². The number of nitrogens with one attached hydrogen (secondary N) is 1. The van der Waals surface area contributed by atoms with E-state index in [1.807, 2.05) is 36.9 Å². The molecule has 36 heavy (non-hydrogen) atoms. The van der Waals surface area contributed by atoms with E-state index in [1.54, 1.807) is 0 Å². The van der Waals surface area contributed by atoms with Gasteiger partial charge in [-0.1, -0.05) is 29.5 Å². The van der Waals surface area contributed by atoms with Crippen LogP contribution in [0.3, 0.4) is 0 Å². The van der Waals surface area contributed by atoms with Gasteiger partial charge in [0.15, 0.2) is 0 Å². The molecule has 186 valence electrons. The van der Waals surface area contributed by atoms with Crippen molar-refractivity contribution in [2.75, 3.05) is 19.6 Å². The highest BCUT2D eigenvalue weighted by atomic mass is 32.1. The zero-order valence-electron chi connectivity index (χ0n) is 20.8. The van der Waals surface area contributed by atoms with Crippen LogP contribution in [0.5, 0.6) is 5.75 Å². The molecular formula is C28H31N5O2S. The number of carbonyl (C=O) groups excluding carboxylic acids is 1. The number of nitrogens with zero attached hydrogens (tertiary/aromatic N) is 4. The second-order valence-electron chi connectivity index (χ2n) is 9.69. The van der Waals surface area contributed by atoms with Gasteiger partial charge in [0.25, 0.3) is 0 Å². The summed E-state index contributed by atoms with van der Waals surface area (Å²) in [5.74, 6) is 0.783. The maximum atomic E-state index is 12.6. The summed E-state index contributed by atoms with van der Waals surface area (Å²) in [6.07, 6.45) is 5.29. The molecule has 0 radical (unpaired) electrons. The summed E-state index contributed by atoms with van der Waals surface area (Å²) in [7, 11) is 0. The van der Waals surface area contributed by atoms with Crippen molar-refractivity contribution in [3.8, 4) is 33.0 Å². The van der Waals surface area contributed by atoms with E-state index in [1.165, 1.54) is 22.5 Å². The van der Waals surface area contributed by atoms with Crippen LogP contribution in [-0.2, 0) is 11.2 Å². The molecule has 1 atom stereocenters. The Bertz CT molecular complexity index is 1290. The van der Waals surface area contributed by atoms with Gasteiger partial charge in [-0.05, 0) is 75.3 Å². The van der Waals surface area contributed by atoms with Crippen LogP contribution < -0.4 is 10.1 Å². The van der Waals surface area contributed by atoms with E-state index < -0.39 is 0 Å². The van der Waals surface area contributed by atoms with Crippen molar-refractivity contribution >= 4 is 17.2 Å². The summed E-state index contributed by atoms with van der Waals surface area (Å²) >= 11 is 1.53. The lowest BCUT2D eigenvalue weighted by Crippen LogP contribution is -2.38. The molecule has 3 aromatic rings. The fourth-order valence-corrected chi connectivity index (χ4v) is 6.00. The molecule has 7 nitrogen and oxygen atoms in total.